The van der Waals surface area contributed by atoms with E-state index < -0.39 is 21.8 Å². The number of rotatable bonds is 7. The van der Waals surface area contributed by atoms with E-state index in [-0.39, 0.29) is 23.6 Å². The smallest absolute Gasteiger partial charge is 0.308 e. The molecule has 0 bridgehead atoms. The van der Waals surface area contributed by atoms with Crippen molar-refractivity contribution < 1.29 is 27.1 Å². The molecule has 0 aliphatic carbocycles. The number of hydrogen-bond acceptors (Lipinski definition) is 5. The van der Waals surface area contributed by atoms with E-state index in [9.17, 15) is 17.6 Å². The van der Waals surface area contributed by atoms with Gasteiger partial charge in [0.05, 0.1) is 25.0 Å². The quantitative estimate of drug-likeness (QED) is 0.774. The number of benzene rings is 2. The minimum Gasteiger partial charge on any atom is -0.493 e. The van der Waals surface area contributed by atoms with Gasteiger partial charge < -0.3 is 9.47 Å². The van der Waals surface area contributed by atoms with E-state index in [4.69, 9.17) is 4.74 Å². The second-order valence-electron chi connectivity index (χ2n) is 4.76. The number of hydrogen-bond donors (Lipinski definition) is 1. The molecule has 0 amide bonds. The molecule has 128 valence electrons. The van der Waals surface area contributed by atoms with Crippen molar-refractivity contribution in [3.8, 4) is 5.75 Å². The maximum absolute atomic E-state index is 12.8. The third-order valence-electron chi connectivity index (χ3n) is 3.03. The molecule has 0 saturated carbocycles. The Morgan fingerprint density at radius 3 is 2.29 bits per heavy atom. The number of nitrogens with one attached hydrogen (secondary N) is 1. The molecule has 0 unspecified atom stereocenters. The average Bonchev–Trinajstić information content (AvgIpc) is 2.57. The third-order valence-corrected chi connectivity index (χ3v) is 4.43. The fourth-order valence-corrected chi connectivity index (χ4v) is 2.86. The Morgan fingerprint density at radius 1 is 1.08 bits per heavy atom. The largest absolute Gasteiger partial charge is 0.493 e. The van der Waals surface area contributed by atoms with Gasteiger partial charge in [-0.25, -0.2) is 12.8 Å². The number of sulfonamides is 1. The highest BCUT2D eigenvalue weighted by molar-refractivity contribution is 7.92. The van der Waals surface area contributed by atoms with Gasteiger partial charge in [-0.15, -0.1) is 0 Å². The molecule has 8 heteroatoms. The number of anilines is 1. The van der Waals surface area contributed by atoms with Crippen LogP contribution in [0.3, 0.4) is 0 Å². The molecule has 2 aromatic carbocycles. The molecule has 0 atom stereocenters. The van der Waals surface area contributed by atoms with Gasteiger partial charge in [0.25, 0.3) is 10.0 Å². The summed E-state index contributed by atoms with van der Waals surface area (Å²) >= 11 is 0. The lowest BCUT2D eigenvalue weighted by Gasteiger charge is -2.09. The molecule has 0 aromatic heterocycles. The summed E-state index contributed by atoms with van der Waals surface area (Å²) in [5.74, 6) is -0.413. The van der Waals surface area contributed by atoms with E-state index in [1.54, 1.807) is 0 Å². The van der Waals surface area contributed by atoms with Crippen molar-refractivity contribution in [3.63, 3.8) is 0 Å². The number of esters is 1. The summed E-state index contributed by atoms with van der Waals surface area (Å²) in [6, 6.07) is 10.7. The van der Waals surface area contributed by atoms with Crippen LogP contribution >= 0.6 is 0 Å². The summed E-state index contributed by atoms with van der Waals surface area (Å²) in [6.07, 6.45) is 0.0999. The van der Waals surface area contributed by atoms with E-state index in [1.165, 1.54) is 43.5 Å². The molecular formula is C16H16FNO5S. The van der Waals surface area contributed by atoms with Crippen molar-refractivity contribution >= 4 is 21.7 Å². The van der Waals surface area contributed by atoms with E-state index >= 15 is 0 Å². The van der Waals surface area contributed by atoms with Gasteiger partial charge in [0.15, 0.2) is 0 Å². The highest BCUT2D eigenvalue weighted by Gasteiger charge is 2.14. The second-order valence-corrected chi connectivity index (χ2v) is 6.44. The van der Waals surface area contributed by atoms with E-state index in [0.29, 0.717) is 5.75 Å². The molecule has 0 fully saturated rings. The molecule has 1 N–H and O–H groups in total. The van der Waals surface area contributed by atoms with Gasteiger partial charge in [0.2, 0.25) is 0 Å². The Bertz CT molecular complexity index is 788. The van der Waals surface area contributed by atoms with Crippen molar-refractivity contribution in [1.29, 1.82) is 0 Å². The van der Waals surface area contributed by atoms with Gasteiger partial charge in [0, 0.05) is 5.69 Å². The zero-order valence-electron chi connectivity index (χ0n) is 12.9. The van der Waals surface area contributed by atoms with Gasteiger partial charge in [-0.05, 0) is 48.5 Å². The van der Waals surface area contributed by atoms with Crippen molar-refractivity contribution in [3.05, 3.63) is 54.3 Å². The molecule has 0 aliphatic rings. The lowest BCUT2D eigenvalue weighted by molar-refractivity contribution is -0.141. The maximum Gasteiger partial charge on any atom is 0.308 e. The summed E-state index contributed by atoms with van der Waals surface area (Å²) in [6.45, 7) is 0.132. The van der Waals surface area contributed by atoms with Gasteiger partial charge in [-0.3, -0.25) is 9.52 Å². The minimum atomic E-state index is -3.78. The van der Waals surface area contributed by atoms with Crippen molar-refractivity contribution in [1.82, 2.24) is 0 Å². The third kappa shape index (κ3) is 4.95. The van der Waals surface area contributed by atoms with Crippen LogP contribution in [0.25, 0.3) is 0 Å². The van der Waals surface area contributed by atoms with Crippen LogP contribution in [-0.4, -0.2) is 28.1 Å². The Morgan fingerprint density at radius 2 is 1.71 bits per heavy atom. The first kappa shape index (κ1) is 17.7. The van der Waals surface area contributed by atoms with E-state index in [0.717, 1.165) is 12.1 Å². The predicted molar refractivity (Wildman–Crippen MR) is 85.8 cm³/mol. The molecule has 2 rings (SSSR count). The van der Waals surface area contributed by atoms with E-state index in [1.807, 2.05) is 0 Å². The summed E-state index contributed by atoms with van der Waals surface area (Å²) in [7, 11) is -2.50. The van der Waals surface area contributed by atoms with E-state index in [2.05, 4.69) is 9.46 Å². The standard InChI is InChI=1S/C16H16FNO5S/c1-22-16(19)10-11-23-14-6-8-15(9-7-14)24(20,21)18-13-4-2-12(17)3-5-13/h2-9,18H,10-11H2,1H3. The fourth-order valence-electron chi connectivity index (χ4n) is 1.80. The van der Waals surface area contributed by atoms with Gasteiger partial charge in [-0.2, -0.15) is 0 Å². The molecule has 0 heterocycles. The Balaban J connectivity index is 2.00. The van der Waals surface area contributed by atoms with Crippen LogP contribution in [0.2, 0.25) is 0 Å². The Hall–Kier alpha value is -2.61. The van der Waals surface area contributed by atoms with Crippen LogP contribution in [-0.2, 0) is 19.6 Å². The second kappa shape index (κ2) is 7.78. The zero-order chi connectivity index (χ0) is 17.6. The van der Waals surface area contributed by atoms with Crippen molar-refractivity contribution in [2.24, 2.45) is 0 Å². The van der Waals surface area contributed by atoms with Gasteiger partial charge in [0.1, 0.15) is 11.6 Å². The number of carbonyl (C=O) groups excluding carboxylic acids is 1. The summed E-state index contributed by atoms with van der Waals surface area (Å²) in [5, 5.41) is 0. The predicted octanol–water partition coefficient (Wildman–Crippen LogP) is 2.57. The Labute approximate surface area is 139 Å². The van der Waals surface area contributed by atoms with Crippen LogP contribution in [0.4, 0.5) is 10.1 Å². The number of halogens is 1. The van der Waals surface area contributed by atoms with Crippen LogP contribution in [0, 0.1) is 5.82 Å². The maximum atomic E-state index is 12.8. The fraction of sp³-hybridized carbons (Fsp3) is 0.188. The van der Waals surface area contributed by atoms with Crippen molar-refractivity contribution in [2.75, 3.05) is 18.4 Å². The molecule has 6 nitrogen and oxygen atoms in total. The van der Waals surface area contributed by atoms with Crippen molar-refractivity contribution in [2.45, 2.75) is 11.3 Å². The average molecular weight is 353 g/mol. The first-order chi connectivity index (χ1) is 11.4. The zero-order valence-corrected chi connectivity index (χ0v) is 13.7. The molecule has 0 radical (unpaired) electrons. The molecule has 0 aliphatic heterocycles. The minimum absolute atomic E-state index is 0.0344. The van der Waals surface area contributed by atoms with Crippen LogP contribution in [0.5, 0.6) is 5.75 Å². The highest BCUT2D eigenvalue weighted by atomic mass is 32.2. The first-order valence-corrected chi connectivity index (χ1v) is 8.47. The molecule has 0 saturated heterocycles. The lowest BCUT2D eigenvalue weighted by atomic mass is 10.3. The first-order valence-electron chi connectivity index (χ1n) is 6.99. The summed E-state index contributed by atoms with van der Waals surface area (Å²) < 4.78 is 49.5. The van der Waals surface area contributed by atoms with Crippen LogP contribution in [0.15, 0.2) is 53.4 Å². The number of methoxy groups -OCH3 is 1. The van der Waals surface area contributed by atoms with Gasteiger partial charge >= 0.3 is 5.97 Å². The topological polar surface area (TPSA) is 81.7 Å². The molecular weight excluding hydrogens is 337 g/mol. The number of ether oxygens (including phenoxy) is 2. The molecule has 24 heavy (non-hydrogen) atoms. The lowest BCUT2D eigenvalue weighted by Crippen LogP contribution is -2.13. The monoisotopic (exact) mass is 353 g/mol. The molecule has 0 spiro atoms. The number of carbonyl (C=O) groups is 1. The van der Waals surface area contributed by atoms with Crippen LogP contribution < -0.4 is 9.46 Å². The molecule has 2 aromatic rings. The van der Waals surface area contributed by atoms with Gasteiger partial charge in [-0.1, -0.05) is 0 Å². The SMILES string of the molecule is COC(=O)CCOc1ccc(S(=O)(=O)Nc2ccc(F)cc2)cc1. The normalized spacial score (nSPS) is 10.9. The summed E-state index contributed by atoms with van der Waals surface area (Å²) in [5.41, 5.74) is 0.259. The summed E-state index contributed by atoms with van der Waals surface area (Å²) in [4.78, 5) is 11.0. The Kier molecular flexibility index (Phi) is 5.75. The highest BCUT2D eigenvalue weighted by Crippen LogP contribution is 2.19. The van der Waals surface area contributed by atoms with Crippen LogP contribution in [0.1, 0.15) is 6.42 Å².